The van der Waals surface area contributed by atoms with E-state index in [1.54, 1.807) is 4.90 Å². The number of carboxylic acids is 1. The molecular weight excluding hydrogens is 374 g/mol. The van der Waals surface area contributed by atoms with Crippen molar-refractivity contribution in [3.05, 3.63) is 35.9 Å². The minimum absolute atomic E-state index is 0.112. The van der Waals surface area contributed by atoms with Crippen molar-refractivity contribution >= 4 is 17.8 Å². The molecule has 3 rings (SSSR count). The number of rotatable bonds is 8. The highest BCUT2D eigenvalue weighted by Crippen LogP contribution is 2.23. The summed E-state index contributed by atoms with van der Waals surface area (Å²) in [5, 5.41) is 11.6. The van der Waals surface area contributed by atoms with E-state index in [1.807, 2.05) is 32.0 Å². The first kappa shape index (κ1) is 21.3. The standard InChI is InChI=1S/C21H29N3O5/c1-14(2)12-16(22-19(25)17-18(29-17)21(27)28)20(26)24-10-8-23(9-11-24)13-15-6-4-3-5-7-15/h3-7,14,16-18H,8-13H2,1-2H3,(H,22,25)(H,27,28). The van der Waals surface area contributed by atoms with Crippen LogP contribution in [0.2, 0.25) is 0 Å². The number of hydrogen-bond donors (Lipinski definition) is 2. The molecule has 29 heavy (non-hydrogen) atoms. The maximum absolute atomic E-state index is 13.0. The number of piperazine rings is 1. The van der Waals surface area contributed by atoms with Crippen LogP contribution in [0.1, 0.15) is 25.8 Å². The summed E-state index contributed by atoms with van der Waals surface area (Å²) in [5.41, 5.74) is 1.25. The van der Waals surface area contributed by atoms with E-state index in [9.17, 15) is 14.4 Å². The van der Waals surface area contributed by atoms with Gasteiger partial charge in [0.2, 0.25) is 5.91 Å². The number of amides is 2. The van der Waals surface area contributed by atoms with Gasteiger partial charge in [-0.2, -0.15) is 0 Å². The van der Waals surface area contributed by atoms with Crippen LogP contribution in [0.15, 0.2) is 30.3 Å². The van der Waals surface area contributed by atoms with Gasteiger partial charge in [0.25, 0.3) is 5.91 Å². The summed E-state index contributed by atoms with van der Waals surface area (Å²) in [4.78, 5) is 40.3. The lowest BCUT2D eigenvalue weighted by molar-refractivity contribution is -0.138. The molecule has 1 aromatic rings. The van der Waals surface area contributed by atoms with Gasteiger partial charge >= 0.3 is 5.97 Å². The van der Waals surface area contributed by atoms with Gasteiger partial charge in [0, 0.05) is 32.7 Å². The number of epoxide rings is 1. The summed E-state index contributed by atoms with van der Waals surface area (Å²) in [7, 11) is 0. The smallest absolute Gasteiger partial charge is 0.336 e. The van der Waals surface area contributed by atoms with Crippen LogP contribution in [0, 0.1) is 5.92 Å². The molecule has 2 saturated heterocycles. The zero-order chi connectivity index (χ0) is 21.0. The predicted molar refractivity (Wildman–Crippen MR) is 106 cm³/mol. The lowest BCUT2D eigenvalue weighted by Gasteiger charge is -2.36. The third-order valence-corrected chi connectivity index (χ3v) is 5.25. The van der Waals surface area contributed by atoms with Crippen LogP contribution in [0.3, 0.4) is 0 Å². The molecule has 3 atom stereocenters. The van der Waals surface area contributed by atoms with E-state index in [1.165, 1.54) is 5.56 Å². The fraction of sp³-hybridized carbons (Fsp3) is 0.571. The van der Waals surface area contributed by atoms with Crippen LogP contribution in [0.25, 0.3) is 0 Å². The summed E-state index contributed by atoms with van der Waals surface area (Å²) in [6.45, 7) is 7.58. The molecule has 1 aromatic carbocycles. The Bertz CT molecular complexity index is 731. The number of ether oxygens (including phenoxy) is 1. The zero-order valence-corrected chi connectivity index (χ0v) is 16.9. The first-order chi connectivity index (χ1) is 13.8. The summed E-state index contributed by atoms with van der Waals surface area (Å²) in [6, 6.07) is 9.56. The molecule has 2 aliphatic rings. The Hall–Kier alpha value is -2.45. The molecule has 0 radical (unpaired) electrons. The second-order valence-electron chi connectivity index (χ2n) is 8.09. The molecule has 158 valence electrons. The molecule has 2 N–H and O–H groups in total. The SMILES string of the molecule is CC(C)CC(NC(=O)C1OC1C(=O)O)C(=O)N1CCN(Cc2ccccc2)CC1. The average molecular weight is 403 g/mol. The van der Waals surface area contributed by atoms with E-state index >= 15 is 0 Å². The lowest BCUT2D eigenvalue weighted by Crippen LogP contribution is -2.55. The van der Waals surface area contributed by atoms with Gasteiger partial charge in [-0.25, -0.2) is 4.79 Å². The average Bonchev–Trinajstić information content (AvgIpc) is 3.49. The molecule has 2 heterocycles. The minimum Gasteiger partial charge on any atom is -0.479 e. The Morgan fingerprint density at radius 3 is 2.31 bits per heavy atom. The second-order valence-corrected chi connectivity index (χ2v) is 8.09. The number of carboxylic acid groups (broad SMARTS) is 1. The Morgan fingerprint density at radius 1 is 1.10 bits per heavy atom. The van der Waals surface area contributed by atoms with Gasteiger partial charge < -0.3 is 20.1 Å². The van der Waals surface area contributed by atoms with Crippen LogP contribution in [0.5, 0.6) is 0 Å². The summed E-state index contributed by atoms with van der Waals surface area (Å²) < 4.78 is 4.90. The van der Waals surface area contributed by atoms with E-state index in [4.69, 9.17) is 9.84 Å². The molecule has 0 aliphatic carbocycles. The number of hydrogen-bond acceptors (Lipinski definition) is 5. The Balaban J connectivity index is 1.53. The van der Waals surface area contributed by atoms with Gasteiger partial charge in [-0.05, 0) is 17.9 Å². The normalized spacial score (nSPS) is 22.9. The van der Waals surface area contributed by atoms with E-state index in [0.717, 1.165) is 19.6 Å². The Labute approximate surface area is 170 Å². The first-order valence-corrected chi connectivity index (χ1v) is 10.1. The van der Waals surface area contributed by atoms with Gasteiger partial charge in [0.15, 0.2) is 12.2 Å². The molecule has 8 heteroatoms. The third kappa shape index (κ3) is 5.77. The topological polar surface area (TPSA) is 102 Å². The van der Waals surface area contributed by atoms with E-state index in [-0.39, 0.29) is 11.8 Å². The monoisotopic (exact) mass is 403 g/mol. The molecule has 0 aromatic heterocycles. The largest absolute Gasteiger partial charge is 0.479 e. The van der Waals surface area contributed by atoms with Crippen LogP contribution < -0.4 is 5.32 Å². The van der Waals surface area contributed by atoms with Crippen molar-refractivity contribution in [1.29, 1.82) is 0 Å². The number of carbonyl (C=O) groups excluding carboxylic acids is 2. The van der Waals surface area contributed by atoms with Crippen molar-refractivity contribution < 1.29 is 24.2 Å². The van der Waals surface area contributed by atoms with E-state index < -0.39 is 30.1 Å². The summed E-state index contributed by atoms with van der Waals surface area (Å²) in [6.07, 6.45) is -1.61. The highest BCUT2D eigenvalue weighted by atomic mass is 16.6. The van der Waals surface area contributed by atoms with Gasteiger partial charge in [-0.1, -0.05) is 44.2 Å². The minimum atomic E-state index is -1.16. The highest BCUT2D eigenvalue weighted by molar-refractivity contribution is 5.95. The third-order valence-electron chi connectivity index (χ3n) is 5.25. The van der Waals surface area contributed by atoms with Gasteiger partial charge in [-0.3, -0.25) is 14.5 Å². The molecule has 2 fully saturated rings. The fourth-order valence-corrected chi connectivity index (χ4v) is 3.63. The van der Waals surface area contributed by atoms with Crippen LogP contribution in [0.4, 0.5) is 0 Å². The van der Waals surface area contributed by atoms with Gasteiger partial charge in [0.05, 0.1) is 0 Å². The molecule has 0 saturated carbocycles. The van der Waals surface area contributed by atoms with Crippen molar-refractivity contribution in [2.45, 2.75) is 45.1 Å². The number of nitrogens with one attached hydrogen (secondary N) is 1. The van der Waals surface area contributed by atoms with Crippen molar-refractivity contribution in [2.24, 2.45) is 5.92 Å². The molecule has 0 bridgehead atoms. The number of carbonyl (C=O) groups is 3. The number of nitrogens with zero attached hydrogens (tertiary/aromatic N) is 2. The second kappa shape index (κ2) is 9.37. The molecule has 3 unspecified atom stereocenters. The maximum Gasteiger partial charge on any atom is 0.336 e. The quantitative estimate of drug-likeness (QED) is 0.620. The molecular formula is C21H29N3O5. The maximum atomic E-state index is 13.0. The van der Waals surface area contributed by atoms with Crippen LogP contribution in [-0.4, -0.2) is 77.1 Å². The molecule has 8 nitrogen and oxygen atoms in total. The Kier molecular flexibility index (Phi) is 6.87. The fourth-order valence-electron chi connectivity index (χ4n) is 3.63. The molecule has 2 aliphatic heterocycles. The summed E-state index contributed by atoms with van der Waals surface area (Å²) >= 11 is 0. The van der Waals surface area contributed by atoms with E-state index in [0.29, 0.717) is 19.5 Å². The van der Waals surface area contributed by atoms with Crippen LogP contribution >= 0.6 is 0 Å². The summed E-state index contributed by atoms with van der Waals surface area (Å²) in [5.74, 6) is -1.59. The van der Waals surface area contributed by atoms with Crippen molar-refractivity contribution in [3.63, 3.8) is 0 Å². The first-order valence-electron chi connectivity index (χ1n) is 10.1. The van der Waals surface area contributed by atoms with Gasteiger partial charge in [-0.15, -0.1) is 0 Å². The Morgan fingerprint density at radius 2 is 1.76 bits per heavy atom. The lowest BCUT2D eigenvalue weighted by atomic mass is 10.0. The van der Waals surface area contributed by atoms with Crippen molar-refractivity contribution in [3.8, 4) is 0 Å². The molecule has 2 amide bonds. The van der Waals surface area contributed by atoms with Crippen molar-refractivity contribution in [1.82, 2.24) is 15.1 Å². The number of aliphatic carboxylic acids is 1. The zero-order valence-electron chi connectivity index (χ0n) is 16.9. The van der Waals surface area contributed by atoms with Crippen LogP contribution in [-0.2, 0) is 25.7 Å². The highest BCUT2D eigenvalue weighted by Gasteiger charge is 2.51. The predicted octanol–water partition coefficient (Wildman–Crippen LogP) is 0.714. The molecule has 0 spiro atoms. The van der Waals surface area contributed by atoms with E-state index in [2.05, 4.69) is 22.3 Å². The van der Waals surface area contributed by atoms with Gasteiger partial charge in [0.1, 0.15) is 6.04 Å². The van der Waals surface area contributed by atoms with Crippen molar-refractivity contribution in [2.75, 3.05) is 26.2 Å². The number of benzene rings is 1.